The van der Waals surface area contributed by atoms with E-state index in [2.05, 4.69) is 5.16 Å². The van der Waals surface area contributed by atoms with Crippen molar-refractivity contribution in [3.8, 4) is 0 Å². The minimum Gasteiger partial charge on any atom is -0.359 e. The maximum atomic E-state index is 11.5. The van der Waals surface area contributed by atoms with Gasteiger partial charge >= 0.3 is 0 Å². The summed E-state index contributed by atoms with van der Waals surface area (Å²) in [4.78, 5) is 13.3. The Labute approximate surface area is 88.2 Å². The summed E-state index contributed by atoms with van der Waals surface area (Å²) in [6.45, 7) is 2.70. The number of carbonyl (C=O) groups is 1. The molecule has 0 saturated carbocycles. The summed E-state index contributed by atoms with van der Waals surface area (Å²) < 4.78 is 5.19. The van der Waals surface area contributed by atoms with Gasteiger partial charge < -0.3 is 15.2 Å². The lowest BCUT2D eigenvalue weighted by molar-refractivity contribution is -0.130. The molecule has 0 spiro atoms. The fraction of sp³-hybridized carbons (Fsp3) is 0.600. The molecule has 1 saturated heterocycles. The number of hydrogen-bond donors (Lipinski definition) is 1. The lowest BCUT2D eigenvalue weighted by atomic mass is 10.1. The van der Waals surface area contributed by atoms with E-state index in [9.17, 15) is 4.79 Å². The van der Waals surface area contributed by atoms with E-state index < -0.39 is 0 Å². The molecule has 5 nitrogen and oxygen atoms in total. The van der Waals surface area contributed by atoms with Gasteiger partial charge in [-0.3, -0.25) is 4.79 Å². The van der Waals surface area contributed by atoms with Crippen molar-refractivity contribution in [1.29, 1.82) is 0 Å². The molecule has 2 N–H and O–H groups in total. The molecule has 2 rings (SSSR count). The first-order valence-electron chi connectivity index (χ1n) is 5.15. The van der Waals surface area contributed by atoms with Crippen molar-refractivity contribution in [3.63, 3.8) is 0 Å². The van der Waals surface area contributed by atoms with Gasteiger partial charge in [0.15, 0.2) is 5.76 Å². The van der Waals surface area contributed by atoms with Gasteiger partial charge in [0.2, 0.25) is 5.91 Å². The molecular formula is C10H15N3O2. The van der Waals surface area contributed by atoms with Gasteiger partial charge in [-0.1, -0.05) is 5.16 Å². The fourth-order valence-electron chi connectivity index (χ4n) is 2.02. The Hall–Kier alpha value is -1.36. The third kappa shape index (κ3) is 1.87. The van der Waals surface area contributed by atoms with Gasteiger partial charge in [-0.05, 0) is 19.8 Å². The number of amides is 1. The lowest BCUT2D eigenvalue weighted by Crippen LogP contribution is -2.35. The first kappa shape index (κ1) is 10.2. The minimum atomic E-state index is -0.0217. The number of carbonyl (C=O) groups excluding carboxylic acids is 1. The van der Waals surface area contributed by atoms with E-state index in [4.69, 9.17) is 10.3 Å². The molecule has 1 unspecified atom stereocenters. The Morgan fingerprint density at radius 1 is 1.80 bits per heavy atom. The second-order valence-corrected chi connectivity index (χ2v) is 3.82. The van der Waals surface area contributed by atoms with Crippen molar-refractivity contribution < 1.29 is 9.32 Å². The molecule has 1 aliphatic rings. The van der Waals surface area contributed by atoms with Gasteiger partial charge in [-0.15, -0.1) is 0 Å². The molecule has 82 valence electrons. The van der Waals surface area contributed by atoms with E-state index in [-0.39, 0.29) is 18.5 Å². The average molecular weight is 209 g/mol. The molecule has 1 atom stereocenters. The van der Waals surface area contributed by atoms with Gasteiger partial charge in [0.1, 0.15) is 0 Å². The maximum Gasteiger partial charge on any atom is 0.236 e. The van der Waals surface area contributed by atoms with Crippen LogP contribution in [0, 0.1) is 6.92 Å². The summed E-state index contributed by atoms with van der Waals surface area (Å²) in [5.74, 6) is 0.748. The SMILES string of the molecule is Cc1cc(C2CCCN2C(=O)CN)on1. The molecule has 15 heavy (non-hydrogen) atoms. The Morgan fingerprint density at radius 3 is 3.20 bits per heavy atom. The molecule has 0 aromatic carbocycles. The summed E-state index contributed by atoms with van der Waals surface area (Å²) >= 11 is 0. The molecule has 1 fully saturated rings. The Morgan fingerprint density at radius 2 is 2.60 bits per heavy atom. The van der Waals surface area contributed by atoms with Crippen molar-refractivity contribution in [1.82, 2.24) is 10.1 Å². The maximum absolute atomic E-state index is 11.5. The van der Waals surface area contributed by atoms with Crippen LogP contribution in [0.15, 0.2) is 10.6 Å². The monoisotopic (exact) mass is 209 g/mol. The van der Waals surface area contributed by atoms with Crippen molar-refractivity contribution in [2.45, 2.75) is 25.8 Å². The number of aromatic nitrogens is 1. The summed E-state index contributed by atoms with van der Waals surface area (Å²) in [5, 5.41) is 3.84. The summed E-state index contributed by atoms with van der Waals surface area (Å²) in [6.07, 6.45) is 1.93. The first-order chi connectivity index (χ1) is 7.22. The zero-order valence-electron chi connectivity index (χ0n) is 8.77. The molecule has 5 heteroatoms. The molecule has 1 aromatic heterocycles. The third-order valence-electron chi connectivity index (χ3n) is 2.72. The molecule has 1 amide bonds. The predicted octanol–water partition coefficient (Wildman–Crippen LogP) is 0.605. The van der Waals surface area contributed by atoms with Crippen molar-refractivity contribution in [3.05, 3.63) is 17.5 Å². The number of hydrogen-bond acceptors (Lipinski definition) is 4. The van der Waals surface area contributed by atoms with Gasteiger partial charge in [0.25, 0.3) is 0 Å². The summed E-state index contributed by atoms with van der Waals surface area (Å²) in [6, 6.07) is 1.91. The Balaban J connectivity index is 2.18. The van der Waals surface area contributed by atoms with E-state index in [1.165, 1.54) is 0 Å². The quantitative estimate of drug-likeness (QED) is 0.774. The zero-order valence-corrected chi connectivity index (χ0v) is 8.77. The topological polar surface area (TPSA) is 72.4 Å². The van der Waals surface area contributed by atoms with Gasteiger partial charge in [-0.2, -0.15) is 0 Å². The molecule has 1 aromatic rings. The second kappa shape index (κ2) is 4.02. The first-order valence-corrected chi connectivity index (χ1v) is 5.15. The average Bonchev–Trinajstić information content (AvgIpc) is 2.84. The normalized spacial score (nSPS) is 20.9. The van der Waals surface area contributed by atoms with E-state index in [1.54, 1.807) is 4.90 Å². The van der Waals surface area contributed by atoms with Crippen LogP contribution >= 0.6 is 0 Å². The zero-order chi connectivity index (χ0) is 10.8. The number of rotatable bonds is 2. The van der Waals surface area contributed by atoms with Gasteiger partial charge in [0, 0.05) is 12.6 Å². The highest BCUT2D eigenvalue weighted by atomic mass is 16.5. The minimum absolute atomic E-state index is 0.0217. The highest BCUT2D eigenvalue weighted by Crippen LogP contribution is 2.31. The van der Waals surface area contributed by atoms with Crippen molar-refractivity contribution >= 4 is 5.91 Å². The molecular weight excluding hydrogens is 194 g/mol. The van der Waals surface area contributed by atoms with E-state index >= 15 is 0 Å². The van der Waals surface area contributed by atoms with Crippen LogP contribution < -0.4 is 5.73 Å². The largest absolute Gasteiger partial charge is 0.359 e. The van der Waals surface area contributed by atoms with Crippen LogP contribution in [0.2, 0.25) is 0 Å². The number of nitrogens with two attached hydrogens (primary N) is 1. The van der Waals surface area contributed by atoms with E-state index in [0.717, 1.165) is 30.8 Å². The summed E-state index contributed by atoms with van der Waals surface area (Å²) in [7, 11) is 0. The molecule has 2 heterocycles. The van der Waals surface area contributed by atoms with E-state index in [0.29, 0.717) is 0 Å². The number of nitrogens with zero attached hydrogens (tertiary/aromatic N) is 2. The van der Waals surface area contributed by atoms with Gasteiger partial charge in [0.05, 0.1) is 18.3 Å². The van der Waals surface area contributed by atoms with Crippen LogP contribution in [0.5, 0.6) is 0 Å². The van der Waals surface area contributed by atoms with Crippen LogP contribution in [0.3, 0.4) is 0 Å². The lowest BCUT2D eigenvalue weighted by Gasteiger charge is -2.21. The Bertz CT molecular complexity index is 361. The number of aryl methyl sites for hydroxylation is 1. The van der Waals surface area contributed by atoms with Crippen LogP contribution in [-0.4, -0.2) is 29.1 Å². The Kier molecular flexibility index (Phi) is 2.73. The van der Waals surface area contributed by atoms with Crippen LogP contribution in [0.1, 0.15) is 30.3 Å². The molecule has 0 radical (unpaired) electrons. The molecule has 1 aliphatic heterocycles. The van der Waals surface area contributed by atoms with Crippen LogP contribution in [-0.2, 0) is 4.79 Å². The summed E-state index contributed by atoms with van der Waals surface area (Å²) in [5.41, 5.74) is 6.20. The number of likely N-dealkylation sites (tertiary alicyclic amines) is 1. The highest BCUT2D eigenvalue weighted by Gasteiger charge is 2.31. The van der Waals surface area contributed by atoms with Crippen molar-refractivity contribution in [2.75, 3.05) is 13.1 Å². The third-order valence-corrected chi connectivity index (χ3v) is 2.72. The second-order valence-electron chi connectivity index (χ2n) is 3.82. The van der Waals surface area contributed by atoms with Gasteiger partial charge in [-0.25, -0.2) is 0 Å². The van der Waals surface area contributed by atoms with Crippen LogP contribution in [0.4, 0.5) is 0 Å². The molecule has 0 aliphatic carbocycles. The van der Waals surface area contributed by atoms with Crippen LogP contribution in [0.25, 0.3) is 0 Å². The van der Waals surface area contributed by atoms with Crippen molar-refractivity contribution in [2.24, 2.45) is 5.73 Å². The smallest absolute Gasteiger partial charge is 0.236 e. The fourth-order valence-corrected chi connectivity index (χ4v) is 2.02. The standard InChI is InChI=1S/C10H15N3O2/c1-7-5-9(15-12-7)8-3-2-4-13(8)10(14)6-11/h5,8H,2-4,6,11H2,1H3. The highest BCUT2D eigenvalue weighted by molar-refractivity contribution is 5.78. The predicted molar refractivity (Wildman–Crippen MR) is 54.0 cm³/mol. The van der Waals surface area contributed by atoms with E-state index in [1.807, 2.05) is 13.0 Å². The molecule has 0 bridgehead atoms.